The highest BCUT2D eigenvalue weighted by Gasteiger charge is 2.16. The van der Waals surface area contributed by atoms with Crippen molar-refractivity contribution in [2.45, 2.75) is 16.7 Å². The number of thioether (sulfide) groups is 1. The van der Waals surface area contributed by atoms with Crippen molar-refractivity contribution in [3.8, 4) is 5.75 Å². The minimum Gasteiger partial charge on any atom is -0.483 e. The van der Waals surface area contributed by atoms with Gasteiger partial charge in [0.25, 0.3) is 15.9 Å². The van der Waals surface area contributed by atoms with Gasteiger partial charge in [-0.25, -0.2) is 8.42 Å². The molecule has 0 aliphatic heterocycles. The highest BCUT2D eigenvalue weighted by Crippen LogP contribution is 2.25. The number of ether oxygens (including phenoxy) is 1. The lowest BCUT2D eigenvalue weighted by Gasteiger charge is -2.14. The van der Waals surface area contributed by atoms with E-state index in [1.807, 2.05) is 12.3 Å². The Hall–Kier alpha value is -2.19. The minimum absolute atomic E-state index is 0.0976. The van der Waals surface area contributed by atoms with E-state index in [1.54, 1.807) is 45.3 Å². The summed E-state index contributed by atoms with van der Waals surface area (Å²) in [5.74, 6) is 0.306. The molecule has 0 radical (unpaired) electrons. The van der Waals surface area contributed by atoms with Crippen molar-refractivity contribution in [2.75, 3.05) is 31.7 Å². The summed E-state index contributed by atoms with van der Waals surface area (Å²) < 4.78 is 33.2. The van der Waals surface area contributed by atoms with Crippen molar-refractivity contribution in [2.24, 2.45) is 0 Å². The van der Waals surface area contributed by atoms with E-state index in [0.717, 1.165) is 4.90 Å². The second-order valence-corrected chi connectivity index (χ2v) is 8.40. The maximum absolute atomic E-state index is 12.6. The lowest BCUT2D eigenvalue weighted by atomic mass is 10.2. The zero-order valence-corrected chi connectivity index (χ0v) is 16.8. The smallest absolute Gasteiger partial charge is 0.261 e. The number of amides is 1. The summed E-state index contributed by atoms with van der Waals surface area (Å²) in [6.45, 7) is 1.64. The molecule has 140 valence electrons. The Balaban J connectivity index is 2.17. The van der Waals surface area contributed by atoms with Gasteiger partial charge >= 0.3 is 0 Å². The number of anilines is 1. The Morgan fingerprint density at radius 3 is 2.54 bits per heavy atom. The van der Waals surface area contributed by atoms with Crippen LogP contribution in [-0.4, -0.2) is 46.2 Å². The van der Waals surface area contributed by atoms with Crippen LogP contribution in [0.3, 0.4) is 0 Å². The summed E-state index contributed by atoms with van der Waals surface area (Å²) in [4.78, 5) is 14.1. The highest BCUT2D eigenvalue weighted by atomic mass is 32.2. The Bertz CT molecular complexity index is 896. The first kappa shape index (κ1) is 20.1. The van der Waals surface area contributed by atoms with E-state index in [2.05, 4.69) is 4.72 Å². The van der Waals surface area contributed by atoms with Gasteiger partial charge in [0.1, 0.15) is 5.75 Å². The molecule has 0 aromatic heterocycles. The van der Waals surface area contributed by atoms with Gasteiger partial charge in [-0.15, -0.1) is 11.8 Å². The molecule has 2 aromatic rings. The van der Waals surface area contributed by atoms with E-state index in [9.17, 15) is 13.2 Å². The number of aryl methyl sites for hydroxylation is 1. The summed E-state index contributed by atoms with van der Waals surface area (Å²) in [6, 6.07) is 11.7. The van der Waals surface area contributed by atoms with Gasteiger partial charge in [-0.05, 0) is 55.1 Å². The third-order valence-electron chi connectivity index (χ3n) is 3.63. The summed E-state index contributed by atoms with van der Waals surface area (Å²) in [5, 5.41) is 0. The van der Waals surface area contributed by atoms with Crippen LogP contribution in [0.15, 0.2) is 52.3 Å². The molecule has 8 heteroatoms. The number of rotatable bonds is 7. The van der Waals surface area contributed by atoms with Crippen molar-refractivity contribution < 1.29 is 17.9 Å². The van der Waals surface area contributed by atoms with Crippen molar-refractivity contribution >= 4 is 33.4 Å². The molecule has 0 atom stereocenters. The van der Waals surface area contributed by atoms with Crippen molar-refractivity contribution in [1.82, 2.24) is 4.90 Å². The third-order valence-corrected chi connectivity index (χ3v) is 5.73. The minimum atomic E-state index is -3.71. The number of carbonyl (C=O) groups excluding carboxylic acids is 1. The van der Waals surface area contributed by atoms with Gasteiger partial charge in [0.2, 0.25) is 0 Å². The number of hydrogen-bond donors (Lipinski definition) is 1. The lowest BCUT2D eigenvalue weighted by molar-refractivity contribution is -0.130. The van der Waals surface area contributed by atoms with E-state index in [0.29, 0.717) is 17.0 Å². The summed E-state index contributed by atoms with van der Waals surface area (Å²) in [6.07, 6.45) is 1.93. The van der Waals surface area contributed by atoms with Crippen molar-refractivity contribution in [1.29, 1.82) is 0 Å². The van der Waals surface area contributed by atoms with Crippen LogP contribution in [0.5, 0.6) is 5.75 Å². The van der Waals surface area contributed by atoms with Crippen LogP contribution in [0.4, 0.5) is 5.69 Å². The number of hydrogen-bond acceptors (Lipinski definition) is 5. The van der Waals surface area contributed by atoms with Gasteiger partial charge in [-0.3, -0.25) is 9.52 Å². The number of sulfonamides is 1. The summed E-state index contributed by atoms with van der Waals surface area (Å²) in [7, 11) is -0.423. The Morgan fingerprint density at radius 1 is 1.19 bits per heavy atom. The number of carbonyl (C=O) groups is 1. The average molecular weight is 395 g/mol. The first-order chi connectivity index (χ1) is 12.2. The second-order valence-electron chi connectivity index (χ2n) is 5.84. The molecule has 0 saturated carbocycles. The molecule has 6 nitrogen and oxygen atoms in total. The first-order valence-electron chi connectivity index (χ1n) is 7.83. The Labute approximate surface area is 158 Å². The standard InChI is InChI=1S/C18H22N2O4S2/c1-13-10-16(8-9-17(13)24-12-18(21)20(2)3)26(22,23)19-14-6-5-7-15(11-14)25-4/h5-11,19H,12H2,1-4H3. The molecule has 0 unspecified atom stereocenters. The molecule has 0 bridgehead atoms. The summed E-state index contributed by atoms with van der Waals surface area (Å²) in [5.41, 5.74) is 1.14. The monoisotopic (exact) mass is 394 g/mol. The van der Waals surface area contributed by atoms with Crippen LogP contribution >= 0.6 is 11.8 Å². The fourth-order valence-corrected chi connectivity index (χ4v) is 3.71. The molecule has 26 heavy (non-hydrogen) atoms. The largest absolute Gasteiger partial charge is 0.483 e. The SMILES string of the molecule is CSc1cccc(NS(=O)(=O)c2ccc(OCC(=O)N(C)C)c(C)c2)c1. The van der Waals surface area contributed by atoms with Gasteiger partial charge in [0, 0.05) is 24.7 Å². The number of nitrogens with zero attached hydrogens (tertiary/aromatic N) is 1. The highest BCUT2D eigenvalue weighted by molar-refractivity contribution is 7.98. The quantitative estimate of drug-likeness (QED) is 0.731. The molecular weight excluding hydrogens is 372 g/mol. The summed E-state index contributed by atoms with van der Waals surface area (Å²) >= 11 is 1.54. The molecule has 2 rings (SSSR count). The van der Waals surface area contributed by atoms with Crippen LogP contribution < -0.4 is 9.46 Å². The molecule has 0 fully saturated rings. The lowest BCUT2D eigenvalue weighted by Crippen LogP contribution is -2.27. The molecule has 0 spiro atoms. The van der Waals surface area contributed by atoms with E-state index >= 15 is 0 Å². The molecule has 2 aromatic carbocycles. The topological polar surface area (TPSA) is 75.7 Å². The van der Waals surface area contributed by atoms with E-state index in [1.165, 1.54) is 28.8 Å². The van der Waals surface area contributed by atoms with Crippen LogP contribution in [0.2, 0.25) is 0 Å². The fourth-order valence-electron chi connectivity index (χ4n) is 2.12. The molecule has 0 aliphatic carbocycles. The van der Waals surface area contributed by atoms with Crippen molar-refractivity contribution in [3.63, 3.8) is 0 Å². The maximum atomic E-state index is 12.6. The molecule has 0 aliphatic rings. The van der Waals surface area contributed by atoms with Crippen molar-refractivity contribution in [3.05, 3.63) is 48.0 Å². The molecule has 0 heterocycles. The molecular formula is C18H22N2O4S2. The van der Waals surface area contributed by atoms with E-state index in [-0.39, 0.29) is 17.4 Å². The second kappa shape index (κ2) is 8.46. The zero-order valence-electron chi connectivity index (χ0n) is 15.1. The predicted molar refractivity (Wildman–Crippen MR) is 104 cm³/mol. The number of benzene rings is 2. The molecule has 1 amide bonds. The third kappa shape index (κ3) is 5.15. The van der Waals surface area contributed by atoms with E-state index in [4.69, 9.17) is 4.74 Å². The average Bonchev–Trinajstić information content (AvgIpc) is 2.59. The van der Waals surface area contributed by atoms with Crippen LogP contribution in [0.1, 0.15) is 5.56 Å². The first-order valence-corrected chi connectivity index (χ1v) is 10.5. The van der Waals surface area contributed by atoms with E-state index < -0.39 is 10.0 Å². The zero-order chi connectivity index (χ0) is 19.3. The molecule has 1 N–H and O–H groups in total. The predicted octanol–water partition coefficient (Wildman–Crippen LogP) is 2.98. The van der Waals surface area contributed by atoms with Gasteiger partial charge in [-0.1, -0.05) is 6.07 Å². The Morgan fingerprint density at radius 2 is 1.92 bits per heavy atom. The number of nitrogens with one attached hydrogen (secondary N) is 1. The van der Waals surface area contributed by atoms with Gasteiger partial charge in [0.05, 0.1) is 4.90 Å². The molecule has 0 saturated heterocycles. The van der Waals surface area contributed by atoms with Crippen LogP contribution in [0, 0.1) is 6.92 Å². The van der Waals surface area contributed by atoms with Gasteiger partial charge in [-0.2, -0.15) is 0 Å². The van der Waals surface area contributed by atoms with Gasteiger partial charge < -0.3 is 9.64 Å². The Kier molecular flexibility index (Phi) is 6.55. The van der Waals surface area contributed by atoms with Crippen LogP contribution in [0.25, 0.3) is 0 Å². The number of likely N-dealkylation sites (N-methyl/N-ethyl adjacent to an activating group) is 1. The normalized spacial score (nSPS) is 11.1. The maximum Gasteiger partial charge on any atom is 0.261 e. The fraction of sp³-hybridized carbons (Fsp3) is 0.278. The van der Waals surface area contributed by atoms with Gasteiger partial charge in [0.15, 0.2) is 6.61 Å². The van der Waals surface area contributed by atoms with Crippen LogP contribution in [-0.2, 0) is 14.8 Å².